The SMILES string of the molecule is CCN(CC)c1cc(C)nc(Nc2ccc(NS(=O)(=O)c3ccc(-c4ccccc4)cc3)cc2)n1. The Morgan fingerprint density at radius 2 is 1.37 bits per heavy atom. The minimum Gasteiger partial charge on any atom is -0.357 e. The Morgan fingerprint density at radius 1 is 0.771 bits per heavy atom. The largest absolute Gasteiger partial charge is 0.357 e. The van der Waals surface area contributed by atoms with Gasteiger partial charge in [-0.25, -0.2) is 13.4 Å². The second kappa shape index (κ2) is 10.6. The van der Waals surface area contributed by atoms with E-state index < -0.39 is 10.0 Å². The quantitative estimate of drug-likeness (QED) is 0.308. The fourth-order valence-corrected chi connectivity index (χ4v) is 4.80. The Balaban J connectivity index is 1.45. The lowest BCUT2D eigenvalue weighted by molar-refractivity contribution is 0.601. The van der Waals surface area contributed by atoms with E-state index in [9.17, 15) is 8.42 Å². The summed E-state index contributed by atoms with van der Waals surface area (Å²) in [7, 11) is -3.71. The molecule has 0 radical (unpaired) electrons. The molecular weight excluding hydrogens is 458 g/mol. The highest BCUT2D eigenvalue weighted by atomic mass is 32.2. The Morgan fingerprint density at radius 3 is 2.00 bits per heavy atom. The van der Waals surface area contributed by atoms with Gasteiger partial charge in [-0.3, -0.25) is 4.72 Å². The molecule has 0 fully saturated rings. The van der Waals surface area contributed by atoms with Gasteiger partial charge < -0.3 is 10.2 Å². The van der Waals surface area contributed by atoms with Crippen LogP contribution in [0.3, 0.4) is 0 Å². The molecule has 0 saturated heterocycles. The third kappa shape index (κ3) is 5.96. The molecule has 1 aromatic heterocycles. The predicted octanol–water partition coefficient (Wildman–Crippen LogP) is 5.84. The molecule has 0 aliphatic carbocycles. The third-order valence-corrected chi connectivity index (χ3v) is 6.99. The van der Waals surface area contributed by atoms with Gasteiger partial charge in [0.1, 0.15) is 5.82 Å². The van der Waals surface area contributed by atoms with E-state index in [0.29, 0.717) is 11.6 Å². The van der Waals surface area contributed by atoms with Gasteiger partial charge in [0.2, 0.25) is 5.95 Å². The first-order valence-corrected chi connectivity index (χ1v) is 13.0. The second-order valence-corrected chi connectivity index (χ2v) is 9.74. The summed E-state index contributed by atoms with van der Waals surface area (Å²) in [4.78, 5) is 11.4. The number of hydrogen-bond donors (Lipinski definition) is 2. The summed E-state index contributed by atoms with van der Waals surface area (Å²) in [5, 5.41) is 3.21. The molecule has 0 aliphatic heterocycles. The van der Waals surface area contributed by atoms with Crippen molar-refractivity contribution in [3.05, 3.63) is 90.6 Å². The molecule has 180 valence electrons. The standard InChI is InChI=1S/C27H29N5O2S/c1-4-32(5-2)26-19-20(3)28-27(30-26)29-23-13-15-24(16-14-23)31-35(33,34)25-17-11-22(12-18-25)21-9-7-6-8-10-21/h6-19,31H,4-5H2,1-3H3,(H,28,29,30). The van der Waals surface area contributed by atoms with Gasteiger partial charge in [0.05, 0.1) is 4.90 Å². The molecule has 0 bridgehead atoms. The van der Waals surface area contributed by atoms with Gasteiger partial charge >= 0.3 is 0 Å². The van der Waals surface area contributed by atoms with Gasteiger partial charge in [-0.1, -0.05) is 42.5 Å². The number of nitrogens with zero attached hydrogens (tertiary/aromatic N) is 3. The molecule has 2 N–H and O–H groups in total. The first-order valence-electron chi connectivity index (χ1n) is 11.5. The highest BCUT2D eigenvalue weighted by molar-refractivity contribution is 7.92. The van der Waals surface area contributed by atoms with Crippen molar-refractivity contribution in [3.8, 4) is 11.1 Å². The smallest absolute Gasteiger partial charge is 0.261 e. The average Bonchev–Trinajstić information content (AvgIpc) is 2.86. The summed E-state index contributed by atoms with van der Waals surface area (Å²) in [6.07, 6.45) is 0. The van der Waals surface area contributed by atoms with Gasteiger partial charge in [0.25, 0.3) is 10.0 Å². The van der Waals surface area contributed by atoms with Crippen molar-refractivity contribution < 1.29 is 8.42 Å². The summed E-state index contributed by atoms with van der Waals surface area (Å²) >= 11 is 0. The number of hydrogen-bond acceptors (Lipinski definition) is 6. The van der Waals surface area contributed by atoms with Crippen molar-refractivity contribution in [2.45, 2.75) is 25.7 Å². The highest BCUT2D eigenvalue weighted by Gasteiger charge is 2.14. The van der Waals surface area contributed by atoms with Crippen LogP contribution >= 0.6 is 0 Å². The Kier molecular flexibility index (Phi) is 7.31. The van der Waals surface area contributed by atoms with Crippen molar-refractivity contribution in [1.29, 1.82) is 0 Å². The van der Waals surface area contributed by atoms with Crippen LogP contribution in [0.1, 0.15) is 19.5 Å². The van der Waals surface area contributed by atoms with Crippen LogP contribution in [0, 0.1) is 6.92 Å². The van der Waals surface area contributed by atoms with Gasteiger partial charge in [-0.05, 0) is 68.3 Å². The Hall–Kier alpha value is -3.91. The molecule has 0 aliphatic rings. The van der Waals surface area contributed by atoms with E-state index in [4.69, 9.17) is 0 Å². The van der Waals surface area contributed by atoms with Crippen molar-refractivity contribution in [1.82, 2.24) is 9.97 Å². The number of aryl methyl sites for hydroxylation is 1. The van der Waals surface area contributed by atoms with Crippen LogP contribution in [-0.2, 0) is 10.0 Å². The van der Waals surface area contributed by atoms with Crippen LogP contribution in [0.4, 0.5) is 23.1 Å². The first-order chi connectivity index (χ1) is 16.9. The second-order valence-electron chi connectivity index (χ2n) is 8.06. The van der Waals surface area contributed by atoms with Crippen LogP contribution in [0.25, 0.3) is 11.1 Å². The fourth-order valence-electron chi connectivity index (χ4n) is 3.74. The molecule has 0 amide bonds. The lowest BCUT2D eigenvalue weighted by atomic mass is 10.1. The van der Waals surface area contributed by atoms with Crippen LogP contribution in [-0.4, -0.2) is 31.5 Å². The molecule has 1 heterocycles. The van der Waals surface area contributed by atoms with E-state index in [0.717, 1.165) is 41.4 Å². The Bertz CT molecular complexity index is 1370. The summed E-state index contributed by atoms with van der Waals surface area (Å²) in [5.74, 6) is 1.37. The maximum absolute atomic E-state index is 12.9. The fraction of sp³-hybridized carbons (Fsp3) is 0.185. The maximum atomic E-state index is 12.9. The topological polar surface area (TPSA) is 87.2 Å². The molecule has 3 aromatic carbocycles. The molecule has 0 atom stereocenters. The van der Waals surface area contributed by atoms with Crippen molar-refractivity contribution in [3.63, 3.8) is 0 Å². The van der Waals surface area contributed by atoms with Crippen LogP contribution in [0.5, 0.6) is 0 Å². The molecule has 7 nitrogen and oxygen atoms in total. The number of nitrogens with one attached hydrogen (secondary N) is 2. The molecular formula is C27H29N5O2S. The third-order valence-electron chi connectivity index (χ3n) is 5.59. The molecule has 0 unspecified atom stereocenters. The Labute approximate surface area is 206 Å². The lowest BCUT2D eigenvalue weighted by Gasteiger charge is -2.20. The highest BCUT2D eigenvalue weighted by Crippen LogP contribution is 2.24. The van der Waals surface area contributed by atoms with E-state index >= 15 is 0 Å². The average molecular weight is 488 g/mol. The molecule has 4 rings (SSSR count). The van der Waals surface area contributed by atoms with Crippen molar-refractivity contribution in [2.24, 2.45) is 0 Å². The number of sulfonamides is 1. The van der Waals surface area contributed by atoms with Crippen LogP contribution in [0.15, 0.2) is 89.8 Å². The van der Waals surface area contributed by atoms with E-state index in [1.54, 1.807) is 36.4 Å². The first kappa shape index (κ1) is 24.2. The minimum absolute atomic E-state index is 0.205. The molecule has 4 aromatic rings. The van der Waals surface area contributed by atoms with Gasteiger partial charge in [0, 0.05) is 36.2 Å². The van der Waals surface area contributed by atoms with Crippen molar-refractivity contribution >= 4 is 33.2 Å². The van der Waals surface area contributed by atoms with Crippen LogP contribution < -0.4 is 14.9 Å². The van der Waals surface area contributed by atoms with E-state index in [1.807, 2.05) is 55.5 Å². The zero-order chi connectivity index (χ0) is 24.8. The molecule has 8 heteroatoms. The van der Waals surface area contributed by atoms with Gasteiger partial charge in [0.15, 0.2) is 0 Å². The number of anilines is 4. The van der Waals surface area contributed by atoms with Gasteiger partial charge in [-0.2, -0.15) is 4.98 Å². The molecule has 0 saturated carbocycles. The predicted molar refractivity (Wildman–Crippen MR) is 143 cm³/mol. The monoisotopic (exact) mass is 487 g/mol. The zero-order valence-electron chi connectivity index (χ0n) is 20.1. The normalized spacial score (nSPS) is 11.2. The van der Waals surface area contributed by atoms with E-state index in [-0.39, 0.29) is 4.90 Å². The minimum atomic E-state index is -3.71. The van der Waals surface area contributed by atoms with Crippen molar-refractivity contribution in [2.75, 3.05) is 28.0 Å². The number of benzene rings is 3. The number of rotatable bonds is 9. The van der Waals surface area contributed by atoms with Gasteiger partial charge in [-0.15, -0.1) is 0 Å². The summed E-state index contributed by atoms with van der Waals surface area (Å²) < 4.78 is 28.4. The van der Waals surface area contributed by atoms with E-state index in [2.05, 4.69) is 38.8 Å². The summed E-state index contributed by atoms with van der Waals surface area (Å²) in [5.41, 5.74) is 4.09. The van der Waals surface area contributed by atoms with E-state index in [1.165, 1.54) is 0 Å². The van der Waals surface area contributed by atoms with Crippen LogP contribution in [0.2, 0.25) is 0 Å². The molecule has 0 spiro atoms. The molecule has 35 heavy (non-hydrogen) atoms. The summed E-state index contributed by atoms with van der Waals surface area (Å²) in [6.45, 7) is 7.83. The lowest BCUT2D eigenvalue weighted by Crippen LogP contribution is -2.23. The number of aromatic nitrogens is 2. The zero-order valence-corrected chi connectivity index (χ0v) is 20.9. The summed E-state index contributed by atoms with van der Waals surface area (Å²) in [6, 6.07) is 25.6. The maximum Gasteiger partial charge on any atom is 0.261 e.